The van der Waals surface area contributed by atoms with Crippen molar-refractivity contribution in [2.24, 2.45) is 5.92 Å². The van der Waals surface area contributed by atoms with Crippen molar-refractivity contribution in [3.05, 3.63) is 52.5 Å². The highest BCUT2D eigenvalue weighted by molar-refractivity contribution is 6.33. The molecule has 0 spiro atoms. The molecule has 0 amide bonds. The molecule has 1 aliphatic heterocycles. The number of hydrogen-bond acceptors (Lipinski definition) is 6. The predicted molar refractivity (Wildman–Crippen MR) is 125 cm³/mol. The number of piperidine rings is 1. The van der Waals surface area contributed by atoms with Crippen molar-refractivity contribution in [2.45, 2.75) is 19.8 Å². The number of hydrogen-bond donors (Lipinski definition) is 0. The van der Waals surface area contributed by atoms with Gasteiger partial charge in [0.2, 0.25) is 5.95 Å². The lowest BCUT2D eigenvalue weighted by Gasteiger charge is -2.32. The van der Waals surface area contributed by atoms with Gasteiger partial charge in [-0.15, -0.1) is 10.2 Å². The molecule has 164 valence electrons. The molecule has 1 saturated heterocycles. The summed E-state index contributed by atoms with van der Waals surface area (Å²) in [5.74, 6) is 0.870. The summed E-state index contributed by atoms with van der Waals surface area (Å²) in [7, 11) is 0. The summed E-state index contributed by atoms with van der Waals surface area (Å²) in [4.78, 5) is 19.5. The van der Waals surface area contributed by atoms with Crippen molar-refractivity contribution >= 4 is 51.7 Å². The first kappa shape index (κ1) is 21.0. The van der Waals surface area contributed by atoms with Crippen molar-refractivity contribution in [1.82, 2.24) is 19.6 Å². The van der Waals surface area contributed by atoms with Crippen molar-refractivity contribution in [3.8, 4) is 11.4 Å². The van der Waals surface area contributed by atoms with Gasteiger partial charge in [-0.3, -0.25) is 4.79 Å². The molecule has 1 fully saturated rings. The second-order valence-electron chi connectivity index (χ2n) is 7.77. The van der Waals surface area contributed by atoms with Crippen LogP contribution in [0.3, 0.4) is 0 Å². The van der Waals surface area contributed by atoms with Crippen LogP contribution in [0, 0.1) is 5.92 Å². The van der Waals surface area contributed by atoms with E-state index < -0.39 is 0 Å². The number of carbonyl (C=O) groups is 1. The molecule has 0 N–H and O–H groups in total. The van der Waals surface area contributed by atoms with Crippen LogP contribution in [0.5, 0.6) is 0 Å². The van der Waals surface area contributed by atoms with E-state index in [1.54, 1.807) is 0 Å². The molecule has 0 bridgehead atoms. The third kappa shape index (κ3) is 3.65. The maximum Gasteiger partial charge on any atom is 0.310 e. The number of carbonyl (C=O) groups excluding carboxylic acids is 1. The van der Waals surface area contributed by atoms with E-state index in [-0.39, 0.29) is 11.9 Å². The van der Waals surface area contributed by atoms with Crippen molar-refractivity contribution in [2.75, 3.05) is 24.6 Å². The fourth-order valence-electron chi connectivity index (χ4n) is 4.23. The van der Waals surface area contributed by atoms with Gasteiger partial charge in [0.05, 0.1) is 23.1 Å². The van der Waals surface area contributed by atoms with Crippen molar-refractivity contribution in [3.63, 3.8) is 0 Å². The number of anilines is 1. The van der Waals surface area contributed by atoms with Crippen LogP contribution in [0.2, 0.25) is 10.0 Å². The molecular formula is C23H21Cl2N5O2. The summed E-state index contributed by atoms with van der Waals surface area (Å²) in [5, 5.41) is 11.0. The van der Waals surface area contributed by atoms with Crippen LogP contribution >= 0.6 is 23.2 Å². The Hall–Kier alpha value is -2.90. The van der Waals surface area contributed by atoms with Gasteiger partial charge in [0.15, 0.2) is 11.5 Å². The average molecular weight is 470 g/mol. The Bertz CT molecular complexity index is 1320. The number of aromatic nitrogens is 4. The molecule has 1 aliphatic rings. The third-order valence-corrected chi connectivity index (χ3v) is 6.29. The molecule has 4 aromatic rings. The Kier molecular flexibility index (Phi) is 5.61. The molecular weight excluding hydrogens is 449 g/mol. The van der Waals surface area contributed by atoms with E-state index in [0.717, 1.165) is 35.9 Å². The molecule has 32 heavy (non-hydrogen) atoms. The fourth-order valence-corrected chi connectivity index (χ4v) is 4.62. The summed E-state index contributed by atoms with van der Waals surface area (Å²) in [6, 6.07) is 13.0. The zero-order valence-electron chi connectivity index (χ0n) is 17.5. The number of benzene rings is 2. The minimum atomic E-state index is -0.212. The number of fused-ring (bicyclic) bond motifs is 3. The number of nitrogens with zero attached hydrogens (tertiary/aromatic N) is 5. The van der Waals surface area contributed by atoms with Gasteiger partial charge >= 0.3 is 5.97 Å². The first-order valence-corrected chi connectivity index (χ1v) is 11.3. The van der Waals surface area contributed by atoms with E-state index in [0.29, 0.717) is 40.6 Å². The lowest BCUT2D eigenvalue weighted by molar-refractivity contribution is -0.148. The molecule has 2 aromatic carbocycles. The lowest BCUT2D eigenvalue weighted by atomic mass is 9.98. The number of rotatable bonds is 4. The summed E-state index contributed by atoms with van der Waals surface area (Å²) in [6.07, 6.45) is 1.64. The predicted octanol–water partition coefficient (Wildman–Crippen LogP) is 5.03. The summed E-state index contributed by atoms with van der Waals surface area (Å²) in [5.41, 5.74) is 2.14. The minimum absolute atomic E-state index is 0.174. The van der Waals surface area contributed by atoms with E-state index in [9.17, 15) is 4.79 Å². The Morgan fingerprint density at radius 1 is 1.19 bits per heavy atom. The monoisotopic (exact) mass is 469 g/mol. The normalized spacial score (nSPS) is 16.6. The molecule has 3 heterocycles. The van der Waals surface area contributed by atoms with Crippen LogP contribution in [-0.2, 0) is 9.53 Å². The Morgan fingerprint density at radius 2 is 2.03 bits per heavy atom. The molecule has 0 aliphatic carbocycles. The van der Waals surface area contributed by atoms with Gasteiger partial charge in [0, 0.05) is 29.1 Å². The quantitative estimate of drug-likeness (QED) is 0.390. The largest absolute Gasteiger partial charge is 0.466 e. The Labute approximate surface area is 194 Å². The van der Waals surface area contributed by atoms with E-state index in [2.05, 4.69) is 15.1 Å². The second kappa shape index (κ2) is 8.56. The fraction of sp³-hybridized carbons (Fsp3) is 0.304. The number of ether oxygens (including phenoxy) is 1. The van der Waals surface area contributed by atoms with Crippen LogP contribution in [0.15, 0.2) is 42.5 Å². The Balaban J connectivity index is 1.72. The summed E-state index contributed by atoms with van der Waals surface area (Å²) >= 11 is 12.8. The lowest BCUT2D eigenvalue weighted by Crippen LogP contribution is -2.40. The Morgan fingerprint density at radius 3 is 2.84 bits per heavy atom. The van der Waals surface area contributed by atoms with Crippen LogP contribution in [-0.4, -0.2) is 45.2 Å². The van der Waals surface area contributed by atoms with E-state index in [1.807, 2.05) is 53.8 Å². The highest BCUT2D eigenvalue weighted by Gasteiger charge is 2.30. The number of esters is 1. The van der Waals surface area contributed by atoms with Crippen LogP contribution in [0.4, 0.5) is 5.95 Å². The van der Waals surface area contributed by atoms with Crippen LogP contribution in [0.25, 0.3) is 27.9 Å². The maximum absolute atomic E-state index is 12.4. The maximum atomic E-state index is 12.4. The standard InChI is InChI=1S/C23H21Cl2N5O2/c1-2-32-22(31)14-6-5-11-29(13-14)23-26-19-12-15(24)9-10-17(19)21-28-27-20(30(21)23)16-7-3-4-8-18(16)25/h3-4,7-10,12,14H,2,5-6,11,13H2,1H3. The zero-order chi connectivity index (χ0) is 22.2. The molecule has 9 heteroatoms. The summed E-state index contributed by atoms with van der Waals surface area (Å²) in [6.45, 7) is 3.45. The highest BCUT2D eigenvalue weighted by Crippen LogP contribution is 2.33. The van der Waals surface area contributed by atoms with E-state index >= 15 is 0 Å². The van der Waals surface area contributed by atoms with Gasteiger partial charge in [-0.25, -0.2) is 9.38 Å². The molecule has 5 rings (SSSR count). The van der Waals surface area contributed by atoms with E-state index in [1.165, 1.54) is 0 Å². The minimum Gasteiger partial charge on any atom is -0.466 e. The van der Waals surface area contributed by atoms with Gasteiger partial charge in [0.25, 0.3) is 0 Å². The average Bonchev–Trinajstić information content (AvgIpc) is 3.24. The highest BCUT2D eigenvalue weighted by atomic mass is 35.5. The molecule has 7 nitrogen and oxygen atoms in total. The first-order valence-electron chi connectivity index (χ1n) is 10.6. The SMILES string of the molecule is CCOC(=O)C1CCCN(c2nc3cc(Cl)ccc3c3nnc(-c4ccccc4Cl)n23)C1. The van der Waals surface area contributed by atoms with Gasteiger partial charge in [-0.1, -0.05) is 35.3 Å². The van der Waals surface area contributed by atoms with Gasteiger partial charge in [-0.2, -0.15) is 0 Å². The topological polar surface area (TPSA) is 72.6 Å². The molecule has 0 saturated carbocycles. The molecule has 1 atom stereocenters. The van der Waals surface area contributed by atoms with Gasteiger partial charge in [0.1, 0.15) is 0 Å². The van der Waals surface area contributed by atoms with Gasteiger partial charge in [-0.05, 0) is 50.1 Å². The second-order valence-corrected chi connectivity index (χ2v) is 8.62. The first-order chi connectivity index (χ1) is 15.6. The molecule has 1 unspecified atom stereocenters. The van der Waals surface area contributed by atoms with Crippen molar-refractivity contribution in [1.29, 1.82) is 0 Å². The van der Waals surface area contributed by atoms with E-state index in [4.69, 9.17) is 32.9 Å². The van der Waals surface area contributed by atoms with Crippen LogP contribution in [0.1, 0.15) is 19.8 Å². The molecule has 2 aromatic heterocycles. The van der Waals surface area contributed by atoms with Crippen molar-refractivity contribution < 1.29 is 9.53 Å². The van der Waals surface area contributed by atoms with Gasteiger partial charge < -0.3 is 9.64 Å². The number of halogens is 2. The van der Waals surface area contributed by atoms with Crippen LogP contribution < -0.4 is 4.90 Å². The third-order valence-electron chi connectivity index (χ3n) is 5.72. The molecule has 0 radical (unpaired) electrons. The zero-order valence-corrected chi connectivity index (χ0v) is 19.0. The smallest absolute Gasteiger partial charge is 0.310 e. The summed E-state index contributed by atoms with van der Waals surface area (Å²) < 4.78 is 7.20.